The minimum Gasteiger partial charge on any atom is -0.494 e. The van der Waals surface area contributed by atoms with Gasteiger partial charge in [0, 0.05) is 11.6 Å². The number of hydrogen-bond acceptors (Lipinski definition) is 7. The van der Waals surface area contributed by atoms with Crippen LogP contribution in [0.15, 0.2) is 16.9 Å². The Morgan fingerprint density at radius 3 is 2.07 bits per heavy atom. The van der Waals surface area contributed by atoms with Crippen molar-refractivity contribution in [3.63, 3.8) is 0 Å². The second kappa shape index (κ2) is 8.05. The van der Waals surface area contributed by atoms with Crippen LogP contribution in [-0.4, -0.2) is 36.8 Å². The lowest BCUT2D eigenvalue weighted by atomic mass is 9.96. The number of carbonyl (C=O) groups is 1. The van der Waals surface area contributed by atoms with Gasteiger partial charge >= 0.3 is 0 Å². The Morgan fingerprint density at radius 1 is 1.14 bits per heavy atom. The van der Waals surface area contributed by atoms with E-state index in [1.165, 1.54) is 40.4 Å². The number of rotatable bonds is 6. The molecule has 1 aromatic heterocycles. The number of aromatic nitrogens is 1. The SMILES string of the molecule is COc1cc(C(=O)c2c(C)c(C#N)c(=O)n(C(C)C)c2O)cc(OC)c1OC. The highest BCUT2D eigenvalue weighted by molar-refractivity contribution is 6.12. The molecule has 8 heteroatoms. The van der Waals surface area contributed by atoms with E-state index < -0.39 is 23.3 Å². The molecule has 1 aromatic carbocycles. The van der Waals surface area contributed by atoms with Crippen molar-refractivity contribution in [3.8, 4) is 29.2 Å². The molecule has 1 N–H and O–H groups in total. The average molecular weight is 386 g/mol. The Labute approximate surface area is 162 Å². The average Bonchev–Trinajstić information content (AvgIpc) is 2.66. The normalized spacial score (nSPS) is 10.5. The molecule has 0 saturated carbocycles. The Bertz CT molecular complexity index is 1010. The molecule has 0 aliphatic rings. The lowest BCUT2D eigenvalue weighted by Crippen LogP contribution is -2.28. The summed E-state index contributed by atoms with van der Waals surface area (Å²) in [6.45, 7) is 4.80. The first-order valence-electron chi connectivity index (χ1n) is 8.46. The van der Waals surface area contributed by atoms with Gasteiger partial charge in [0.1, 0.15) is 11.6 Å². The number of nitrogens with zero attached hydrogens (tertiary/aromatic N) is 2. The molecule has 0 radical (unpaired) electrons. The largest absolute Gasteiger partial charge is 0.494 e. The summed E-state index contributed by atoms with van der Waals surface area (Å²) >= 11 is 0. The molecule has 0 unspecified atom stereocenters. The smallest absolute Gasteiger partial charge is 0.271 e. The van der Waals surface area contributed by atoms with E-state index in [0.717, 1.165) is 4.57 Å². The number of benzene rings is 1. The number of ether oxygens (including phenoxy) is 3. The molecular formula is C20H22N2O6. The van der Waals surface area contributed by atoms with E-state index in [0.29, 0.717) is 5.75 Å². The molecule has 0 atom stereocenters. The van der Waals surface area contributed by atoms with Crippen molar-refractivity contribution < 1.29 is 24.1 Å². The van der Waals surface area contributed by atoms with Gasteiger partial charge in [0.2, 0.25) is 11.6 Å². The van der Waals surface area contributed by atoms with Gasteiger partial charge in [-0.3, -0.25) is 14.2 Å². The fourth-order valence-electron chi connectivity index (χ4n) is 3.03. The molecule has 2 rings (SSSR count). The van der Waals surface area contributed by atoms with E-state index >= 15 is 0 Å². The maximum Gasteiger partial charge on any atom is 0.271 e. The molecule has 0 amide bonds. The van der Waals surface area contributed by atoms with Gasteiger partial charge in [-0.2, -0.15) is 5.26 Å². The predicted molar refractivity (Wildman–Crippen MR) is 102 cm³/mol. The molecular weight excluding hydrogens is 364 g/mol. The van der Waals surface area contributed by atoms with E-state index in [2.05, 4.69) is 0 Å². The van der Waals surface area contributed by atoms with Crippen molar-refractivity contribution in [2.45, 2.75) is 26.8 Å². The molecule has 0 spiro atoms. The van der Waals surface area contributed by atoms with E-state index in [1.807, 2.05) is 6.07 Å². The lowest BCUT2D eigenvalue weighted by Gasteiger charge is -2.19. The number of aromatic hydroxyl groups is 1. The van der Waals surface area contributed by atoms with Crippen molar-refractivity contribution in [1.29, 1.82) is 5.26 Å². The summed E-state index contributed by atoms with van der Waals surface area (Å²) in [6, 6.07) is 4.27. The Morgan fingerprint density at radius 2 is 1.68 bits per heavy atom. The van der Waals surface area contributed by atoms with Crippen LogP contribution in [0.1, 0.15) is 46.9 Å². The van der Waals surface area contributed by atoms with Gasteiger partial charge in [0.05, 0.1) is 26.9 Å². The third-order valence-corrected chi connectivity index (χ3v) is 4.42. The molecule has 8 nitrogen and oxygen atoms in total. The second-order valence-electron chi connectivity index (χ2n) is 6.32. The zero-order valence-electron chi connectivity index (χ0n) is 16.6. The van der Waals surface area contributed by atoms with Crippen LogP contribution in [0.4, 0.5) is 0 Å². The van der Waals surface area contributed by atoms with Crippen molar-refractivity contribution in [3.05, 3.63) is 44.7 Å². The van der Waals surface area contributed by atoms with Crippen LogP contribution >= 0.6 is 0 Å². The van der Waals surface area contributed by atoms with Crippen molar-refractivity contribution in [2.24, 2.45) is 0 Å². The van der Waals surface area contributed by atoms with Crippen LogP contribution in [0, 0.1) is 18.3 Å². The topological polar surface area (TPSA) is 111 Å². The van der Waals surface area contributed by atoms with Crippen LogP contribution in [0.5, 0.6) is 23.1 Å². The Hall–Kier alpha value is -3.47. The number of ketones is 1. The molecule has 2 aromatic rings. The fourth-order valence-corrected chi connectivity index (χ4v) is 3.03. The first-order chi connectivity index (χ1) is 13.2. The molecule has 0 aliphatic carbocycles. The maximum absolute atomic E-state index is 13.2. The van der Waals surface area contributed by atoms with Gasteiger partial charge in [-0.15, -0.1) is 0 Å². The van der Waals surface area contributed by atoms with Crippen LogP contribution < -0.4 is 19.8 Å². The lowest BCUT2D eigenvalue weighted by molar-refractivity contribution is 0.103. The third kappa shape index (κ3) is 3.27. The number of carbonyl (C=O) groups excluding carboxylic acids is 1. The minimum absolute atomic E-state index is 0.112. The highest BCUT2D eigenvalue weighted by atomic mass is 16.5. The second-order valence-corrected chi connectivity index (χ2v) is 6.32. The summed E-state index contributed by atoms with van der Waals surface area (Å²) in [7, 11) is 4.28. The summed E-state index contributed by atoms with van der Waals surface area (Å²) in [5.41, 5.74) is -0.707. The highest BCUT2D eigenvalue weighted by Crippen LogP contribution is 2.39. The van der Waals surface area contributed by atoms with Crippen molar-refractivity contribution >= 4 is 5.78 Å². The Balaban J connectivity index is 2.83. The van der Waals surface area contributed by atoms with Gasteiger partial charge in [-0.25, -0.2) is 0 Å². The van der Waals surface area contributed by atoms with E-state index in [1.54, 1.807) is 13.8 Å². The maximum atomic E-state index is 13.2. The summed E-state index contributed by atoms with van der Waals surface area (Å²) in [4.78, 5) is 25.7. The Kier molecular flexibility index (Phi) is 5.99. The minimum atomic E-state index is -0.644. The zero-order valence-corrected chi connectivity index (χ0v) is 16.6. The first kappa shape index (κ1) is 20.8. The van der Waals surface area contributed by atoms with E-state index in [4.69, 9.17) is 14.2 Å². The van der Waals surface area contributed by atoms with Gasteiger partial charge in [-0.1, -0.05) is 0 Å². The van der Waals surface area contributed by atoms with E-state index in [9.17, 15) is 20.0 Å². The number of hydrogen-bond donors (Lipinski definition) is 1. The fraction of sp³-hybridized carbons (Fsp3) is 0.350. The van der Waals surface area contributed by atoms with Crippen LogP contribution in [0.25, 0.3) is 0 Å². The van der Waals surface area contributed by atoms with Gasteiger partial charge in [-0.05, 0) is 38.5 Å². The molecule has 0 saturated heterocycles. The number of pyridine rings is 1. The zero-order chi connectivity index (χ0) is 21.2. The van der Waals surface area contributed by atoms with E-state index in [-0.39, 0.29) is 33.8 Å². The highest BCUT2D eigenvalue weighted by Gasteiger charge is 2.27. The number of nitriles is 1. The molecule has 1 heterocycles. The predicted octanol–water partition coefficient (Wildman–Crippen LogP) is 2.57. The van der Waals surface area contributed by atoms with Crippen molar-refractivity contribution in [2.75, 3.05) is 21.3 Å². The quantitative estimate of drug-likeness (QED) is 0.760. The van der Waals surface area contributed by atoms with Crippen molar-refractivity contribution in [1.82, 2.24) is 4.57 Å². The standard InChI is InChI=1S/C20H22N2O6/c1-10(2)22-19(24)13(9-21)11(3)16(20(22)25)17(23)12-7-14(26-4)18(28-6)15(8-12)27-5/h7-8,10,25H,1-6H3. The first-order valence-corrected chi connectivity index (χ1v) is 8.46. The summed E-state index contributed by atoms with van der Waals surface area (Å²) in [5, 5.41) is 20.1. The van der Waals surface area contributed by atoms with Crippen LogP contribution in [-0.2, 0) is 0 Å². The van der Waals surface area contributed by atoms with Crippen LogP contribution in [0.3, 0.4) is 0 Å². The van der Waals surface area contributed by atoms with Gasteiger partial charge in [0.25, 0.3) is 5.56 Å². The van der Waals surface area contributed by atoms with Gasteiger partial charge in [0.15, 0.2) is 17.3 Å². The summed E-state index contributed by atoms with van der Waals surface area (Å²) in [6.07, 6.45) is 0. The summed E-state index contributed by atoms with van der Waals surface area (Å²) < 4.78 is 16.8. The third-order valence-electron chi connectivity index (χ3n) is 4.42. The number of methoxy groups -OCH3 is 3. The molecule has 148 valence electrons. The molecule has 0 aliphatic heterocycles. The molecule has 0 fully saturated rings. The molecule has 0 bridgehead atoms. The van der Waals surface area contributed by atoms with Gasteiger partial charge < -0.3 is 19.3 Å². The monoisotopic (exact) mass is 386 g/mol. The molecule has 28 heavy (non-hydrogen) atoms. The van der Waals surface area contributed by atoms with Crippen LogP contribution in [0.2, 0.25) is 0 Å². The summed E-state index contributed by atoms with van der Waals surface area (Å²) in [5.74, 6) is -0.233.